The zero-order chi connectivity index (χ0) is 21.2. The second kappa shape index (κ2) is 10.4. The van der Waals surface area contributed by atoms with Gasteiger partial charge < -0.3 is 24.8 Å². The summed E-state index contributed by atoms with van der Waals surface area (Å²) in [5, 5.41) is 14.8. The molecule has 0 bridgehead atoms. The van der Waals surface area contributed by atoms with E-state index >= 15 is 0 Å². The molecule has 0 spiro atoms. The van der Waals surface area contributed by atoms with Gasteiger partial charge in [-0.3, -0.25) is 4.79 Å². The third-order valence-corrected chi connectivity index (χ3v) is 3.80. The van der Waals surface area contributed by atoms with Crippen molar-refractivity contribution in [2.45, 2.75) is 6.92 Å². The van der Waals surface area contributed by atoms with E-state index in [2.05, 4.69) is 10.6 Å². The first-order valence-electron chi connectivity index (χ1n) is 8.69. The first-order chi connectivity index (χ1) is 14.0. The predicted molar refractivity (Wildman–Crippen MR) is 108 cm³/mol. The molecule has 29 heavy (non-hydrogen) atoms. The van der Waals surface area contributed by atoms with Crippen LogP contribution in [-0.4, -0.2) is 32.7 Å². The molecule has 0 saturated carbocycles. The fourth-order valence-corrected chi connectivity index (χ4v) is 2.32. The summed E-state index contributed by atoms with van der Waals surface area (Å²) < 4.78 is 15.3. The van der Waals surface area contributed by atoms with Crippen molar-refractivity contribution in [1.82, 2.24) is 0 Å². The molecule has 0 saturated heterocycles. The van der Waals surface area contributed by atoms with Crippen molar-refractivity contribution in [3.05, 3.63) is 59.8 Å². The largest absolute Gasteiger partial charge is 0.497 e. The Labute approximate surface area is 168 Å². The molecule has 0 fully saturated rings. The molecule has 8 heteroatoms. The lowest BCUT2D eigenvalue weighted by molar-refractivity contribution is -0.112. The smallest absolute Gasteiger partial charge is 0.338 e. The molecule has 0 aliphatic heterocycles. The van der Waals surface area contributed by atoms with Crippen LogP contribution < -0.4 is 20.1 Å². The highest BCUT2D eigenvalue weighted by atomic mass is 16.5. The second-order valence-electron chi connectivity index (χ2n) is 5.63. The van der Waals surface area contributed by atoms with Gasteiger partial charge in [0, 0.05) is 18.0 Å². The van der Waals surface area contributed by atoms with Gasteiger partial charge in [-0.2, -0.15) is 5.26 Å². The fourth-order valence-electron chi connectivity index (χ4n) is 2.32. The van der Waals surface area contributed by atoms with E-state index < -0.39 is 11.9 Å². The minimum absolute atomic E-state index is 0.141. The van der Waals surface area contributed by atoms with Crippen LogP contribution in [0.2, 0.25) is 0 Å². The van der Waals surface area contributed by atoms with Crippen molar-refractivity contribution in [1.29, 1.82) is 5.26 Å². The number of carbonyl (C=O) groups excluding carboxylic acids is 2. The number of methoxy groups -OCH3 is 2. The number of amides is 1. The molecular weight excluding hydrogens is 374 g/mol. The van der Waals surface area contributed by atoms with Crippen LogP contribution in [0.15, 0.2) is 54.2 Å². The normalized spacial score (nSPS) is 10.5. The fraction of sp³-hybridized carbons (Fsp3) is 0.190. The van der Waals surface area contributed by atoms with Crippen LogP contribution in [0.5, 0.6) is 11.5 Å². The number of carbonyl (C=O) groups is 2. The Morgan fingerprint density at radius 2 is 1.83 bits per heavy atom. The molecule has 2 rings (SSSR count). The molecule has 0 unspecified atom stereocenters. The maximum Gasteiger partial charge on any atom is 0.338 e. The molecule has 2 aromatic rings. The molecule has 1 amide bonds. The maximum absolute atomic E-state index is 12.4. The topological polar surface area (TPSA) is 110 Å². The molecule has 0 heterocycles. The lowest BCUT2D eigenvalue weighted by Gasteiger charge is -2.10. The Bertz CT molecular complexity index is 946. The Balaban J connectivity index is 2.09. The highest BCUT2D eigenvalue weighted by molar-refractivity contribution is 6.07. The van der Waals surface area contributed by atoms with Crippen molar-refractivity contribution in [2.24, 2.45) is 0 Å². The van der Waals surface area contributed by atoms with Gasteiger partial charge in [0.05, 0.1) is 32.1 Å². The van der Waals surface area contributed by atoms with Crippen LogP contribution in [0.1, 0.15) is 17.3 Å². The number of esters is 1. The van der Waals surface area contributed by atoms with Crippen LogP contribution in [0.3, 0.4) is 0 Å². The first kappa shape index (κ1) is 21.3. The van der Waals surface area contributed by atoms with Crippen molar-refractivity contribution in [3.8, 4) is 17.6 Å². The quantitative estimate of drug-likeness (QED) is 0.401. The van der Waals surface area contributed by atoms with Crippen LogP contribution in [0, 0.1) is 11.3 Å². The lowest BCUT2D eigenvalue weighted by Crippen LogP contribution is -2.15. The summed E-state index contributed by atoms with van der Waals surface area (Å²) in [5.74, 6) is 0.0609. The van der Waals surface area contributed by atoms with E-state index in [1.165, 1.54) is 25.4 Å². The summed E-state index contributed by atoms with van der Waals surface area (Å²) in [5.41, 5.74) is 1.23. The van der Waals surface area contributed by atoms with E-state index in [0.717, 1.165) is 0 Å². The molecule has 0 aliphatic rings. The number of benzene rings is 2. The number of rotatable bonds is 8. The van der Waals surface area contributed by atoms with E-state index in [1.54, 1.807) is 44.4 Å². The minimum atomic E-state index is -0.601. The standard InChI is InChI=1S/C21H21N3O5/c1-4-29-21(26)14-5-7-16(8-6-14)24-20(25)15(12-22)13-23-18-10-9-17(27-2)11-19(18)28-3/h5-11,13,23H,4H2,1-3H3,(H,24,25)/b15-13-. The van der Waals surface area contributed by atoms with Gasteiger partial charge in [-0.1, -0.05) is 0 Å². The van der Waals surface area contributed by atoms with Gasteiger partial charge in [0.15, 0.2) is 0 Å². The third kappa shape index (κ3) is 5.74. The molecule has 8 nitrogen and oxygen atoms in total. The predicted octanol–water partition coefficient (Wildman–Crippen LogP) is 3.34. The third-order valence-electron chi connectivity index (χ3n) is 3.80. The zero-order valence-corrected chi connectivity index (χ0v) is 16.3. The Kier molecular flexibility index (Phi) is 7.62. The van der Waals surface area contributed by atoms with E-state index in [-0.39, 0.29) is 12.2 Å². The molecule has 0 aromatic heterocycles. The summed E-state index contributed by atoms with van der Waals surface area (Å²) in [6.45, 7) is 2.00. The van der Waals surface area contributed by atoms with Gasteiger partial charge in [0.2, 0.25) is 0 Å². The van der Waals surface area contributed by atoms with Gasteiger partial charge >= 0.3 is 5.97 Å². The summed E-state index contributed by atoms with van der Waals surface area (Å²) in [6, 6.07) is 13.1. The average molecular weight is 395 g/mol. The number of hydrogen-bond acceptors (Lipinski definition) is 7. The Hall–Kier alpha value is -3.99. The molecule has 0 radical (unpaired) electrons. The first-order valence-corrected chi connectivity index (χ1v) is 8.69. The number of ether oxygens (including phenoxy) is 3. The van der Waals surface area contributed by atoms with Gasteiger partial charge in [0.25, 0.3) is 5.91 Å². The highest BCUT2D eigenvalue weighted by Gasteiger charge is 2.12. The van der Waals surface area contributed by atoms with E-state index in [1.807, 2.05) is 6.07 Å². The van der Waals surface area contributed by atoms with Crippen LogP contribution in [-0.2, 0) is 9.53 Å². The second-order valence-corrected chi connectivity index (χ2v) is 5.63. The zero-order valence-electron chi connectivity index (χ0n) is 16.3. The summed E-state index contributed by atoms with van der Waals surface area (Å²) in [4.78, 5) is 24.0. The number of hydrogen-bond donors (Lipinski definition) is 2. The number of nitrogens with zero attached hydrogens (tertiary/aromatic N) is 1. The molecule has 0 aliphatic carbocycles. The van der Waals surface area contributed by atoms with Crippen LogP contribution in [0.25, 0.3) is 0 Å². The molecule has 2 N–H and O–H groups in total. The van der Waals surface area contributed by atoms with Gasteiger partial charge in [-0.05, 0) is 43.3 Å². The van der Waals surface area contributed by atoms with Gasteiger partial charge in [-0.25, -0.2) is 4.79 Å². The van der Waals surface area contributed by atoms with Crippen molar-refractivity contribution < 1.29 is 23.8 Å². The van der Waals surface area contributed by atoms with E-state index in [4.69, 9.17) is 14.2 Å². The molecule has 2 aromatic carbocycles. The molecular formula is C21H21N3O5. The van der Waals surface area contributed by atoms with Crippen molar-refractivity contribution in [3.63, 3.8) is 0 Å². The van der Waals surface area contributed by atoms with Gasteiger partial charge in [-0.15, -0.1) is 0 Å². The Morgan fingerprint density at radius 3 is 2.41 bits per heavy atom. The maximum atomic E-state index is 12.4. The molecule has 0 atom stereocenters. The van der Waals surface area contributed by atoms with Crippen LogP contribution in [0.4, 0.5) is 11.4 Å². The van der Waals surface area contributed by atoms with Crippen LogP contribution >= 0.6 is 0 Å². The van der Waals surface area contributed by atoms with E-state index in [9.17, 15) is 14.9 Å². The lowest BCUT2D eigenvalue weighted by atomic mass is 10.2. The minimum Gasteiger partial charge on any atom is -0.497 e. The van der Waals surface area contributed by atoms with Crippen molar-refractivity contribution >= 4 is 23.3 Å². The number of nitriles is 1. The number of nitrogens with one attached hydrogen (secondary N) is 2. The summed E-state index contributed by atoms with van der Waals surface area (Å²) in [7, 11) is 3.04. The monoisotopic (exact) mass is 395 g/mol. The number of anilines is 2. The summed E-state index contributed by atoms with van der Waals surface area (Å²) in [6.07, 6.45) is 1.28. The highest BCUT2D eigenvalue weighted by Crippen LogP contribution is 2.29. The SMILES string of the molecule is CCOC(=O)c1ccc(NC(=O)/C(C#N)=C\Nc2ccc(OC)cc2OC)cc1. The summed E-state index contributed by atoms with van der Waals surface area (Å²) >= 11 is 0. The Morgan fingerprint density at radius 1 is 1.10 bits per heavy atom. The average Bonchev–Trinajstić information content (AvgIpc) is 2.74. The van der Waals surface area contributed by atoms with E-state index in [0.29, 0.717) is 28.4 Å². The van der Waals surface area contributed by atoms with Crippen molar-refractivity contribution in [2.75, 3.05) is 31.5 Å². The molecule has 150 valence electrons. The van der Waals surface area contributed by atoms with Gasteiger partial charge in [0.1, 0.15) is 23.1 Å².